The minimum Gasteiger partial charge on any atom is -0.489 e. The van der Waals surface area contributed by atoms with E-state index in [1.807, 2.05) is 54.7 Å². The summed E-state index contributed by atoms with van der Waals surface area (Å²) in [5.41, 5.74) is 3.01. The predicted molar refractivity (Wildman–Crippen MR) is 95.9 cm³/mol. The molecule has 0 saturated heterocycles. The van der Waals surface area contributed by atoms with Crippen LogP contribution in [0.2, 0.25) is 5.02 Å². The van der Waals surface area contributed by atoms with Crippen LogP contribution in [-0.2, 0) is 11.4 Å². The summed E-state index contributed by atoms with van der Waals surface area (Å²) < 4.78 is 5.81. The van der Waals surface area contributed by atoms with E-state index in [4.69, 9.17) is 16.3 Å². The normalized spacial score (nSPS) is 16.2. The van der Waals surface area contributed by atoms with Gasteiger partial charge in [-0.2, -0.15) is 5.10 Å². The number of anilines is 1. The van der Waals surface area contributed by atoms with Crippen molar-refractivity contribution in [3.05, 3.63) is 76.4 Å². The number of rotatable bonds is 4. The first-order valence-electron chi connectivity index (χ1n) is 8.00. The molecular weight excluding hydrogens is 338 g/mol. The monoisotopic (exact) mass is 353 g/mol. The molecule has 4 rings (SSSR count). The lowest BCUT2D eigenvalue weighted by Crippen LogP contribution is -2.22. The van der Waals surface area contributed by atoms with Crippen molar-refractivity contribution in [2.75, 3.05) is 5.32 Å². The molecule has 2 N–H and O–H groups in total. The van der Waals surface area contributed by atoms with Gasteiger partial charge in [-0.1, -0.05) is 41.9 Å². The van der Waals surface area contributed by atoms with Crippen LogP contribution in [0.5, 0.6) is 5.75 Å². The summed E-state index contributed by atoms with van der Waals surface area (Å²) in [5.74, 6) is 1.35. The third-order valence-corrected chi connectivity index (χ3v) is 4.70. The topological polar surface area (TPSA) is 67.0 Å². The lowest BCUT2D eigenvalue weighted by atomic mass is 9.87. The number of halogens is 1. The summed E-state index contributed by atoms with van der Waals surface area (Å²) in [6.07, 6.45) is 2.24. The van der Waals surface area contributed by atoms with Gasteiger partial charge in [0, 0.05) is 34.7 Å². The largest absolute Gasteiger partial charge is 0.489 e. The second kappa shape index (κ2) is 6.61. The molecule has 1 amide bonds. The van der Waals surface area contributed by atoms with Crippen molar-refractivity contribution in [1.29, 1.82) is 0 Å². The molecular formula is C19H16ClN3O2. The Balaban J connectivity index is 1.50. The van der Waals surface area contributed by atoms with E-state index in [0.29, 0.717) is 23.9 Å². The van der Waals surface area contributed by atoms with Gasteiger partial charge in [-0.05, 0) is 23.8 Å². The van der Waals surface area contributed by atoms with E-state index in [-0.39, 0.29) is 11.8 Å². The van der Waals surface area contributed by atoms with Gasteiger partial charge in [0.1, 0.15) is 12.4 Å². The van der Waals surface area contributed by atoms with E-state index in [2.05, 4.69) is 15.5 Å². The van der Waals surface area contributed by atoms with Crippen molar-refractivity contribution in [1.82, 2.24) is 10.2 Å². The van der Waals surface area contributed by atoms with Gasteiger partial charge in [-0.15, -0.1) is 0 Å². The number of fused-ring (bicyclic) bond motifs is 1. The van der Waals surface area contributed by atoms with E-state index in [9.17, 15) is 4.79 Å². The Labute approximate surface area is 150 Å². The summed E-state index contributed by atoms with van der Waals surface area (Å²) in [5, 5.41) is 10.4. The van der Waals surface area contributed by atoms with Gasteiger partial charge < -0.3 is 10.1 Å². The van der Waals surface area contributed by atoms with E-state index < -0.39 is 0 Å². The Morgan fingerprint density at radius 1 is 1.16 bits per heavy atom. The molecule has 1 aliphatic rings. The van der Waals surface area contributed by atoms with Gasteiger partial charge in [-0.25, -0.2) is 0 Å². The molecule has 2 heterocycles. The van der Waals surface area contributed by atoms with Crippen molar-refractivity contribution in [2.45, 2.75) is 18.9 Å². The molecule has 1 atom stereocenters. The molecule has 0 aliphatic carbocycles. The Hall–Kier alpha value is -2.79. The number of ether oxygens (including phenoxy) is 1. The summed E-state index contributed by atoms with van der Waals surface area (Å²) in [7, 11) is 0. The summed E-state index contributed by atoms with van der Waals surface area (Å²) in [6, 6.07) is 15.4. The second-order valence-corrected chi connectivity index (χ2v) is 6.35. The lowest BCUT2D eigenvalue weighted by Gasteiger charge is -2.22. The predicted octanol–water partition coefficient (Wildman–Crippen LogP) is 4.12. The minimum absolute atomic E-state index is 0.000109. The molecule has 5 nitrogen and oxygen atoms in total. The maximum Gasteiger partial charge on any atom is 0.226 e. The lowest BCUT2D eigenvalue weighted by molar-refractivity contribution is -0.116. The number of nitrogens with one attached hydrogen (secondary N) is 2. The highest BCUT2D eigenvalue weighted by Gasteiger charge is 2.28. The molecule has 0 spiro atoms. The average molecular weight is 354 g/mol. The fourth-order valence-electron chi connectivity index (χ4n) is 3.01. The van der Waals surface area contributed by atoms with Gasteiger partial charge >= 0.3 is 0 Å². The van der Waals surface area contributed by atoms with Crippen LogP contribution in [0.1, 0.15) is 29.0 Å². The number of aromatic nitrogens is 2. The zero-order valence-electron chi connectivity index (χ0n) is 13.3. The number of carbonyl (C=O) groups is 1. The molecule has 126 valence electrons. The molecule has 1 aromatic heterocycles. The number of nitrogens with zero attached hydrogens (tertiary/aromatic N) is 1. The van der Waals surface area contributed by atoms with Crippen LogP contribution in [0, 0.1) is 0 Å². The number of carbonyl (C=O) groups excluding carboxylic acids is 1. The molecule has 3 aromatic rings. The van der Waals surface area contributed by atoms with Crippen LogP contribution < -0.4 is 10.1 Å². The maximum absolute atomic E-state index is 11.9. The number of hydrogen-bond donors (Lipinski definition) is 2. The van der Waals surface area contributed by atoms with Crippen LogP contribution in [0.15, 0.2) is 54.7 Å². The zero-order chi connectivity index (χ0) is 17.2. The number of H-pyrrole nitrogens is 1. The van der Waals surface area contributed by atoms with Crippen molar-refractivity contribution in [2.24, 2.45) is 0 Å². The van der Waals surface area contributed by atoms with Crippen molar-refractivity contribution in [3.8, 4) is 5.75 Å². The van der Waals surface area contributed by atoms with Crippen LogP contribution in [-0.4, -0.2) is 16.1 Å². The molecule has 6 heteroatoms. The first-order valence-corrected chi connectivity index (χ1v) is 8.38. The summed E-state index contributed by atoms with van der Waals surface area (Å²) in [4.78, 5) is 11.9. The first-order chi connectivity index (χ1) is 12.2. The summed E-state index contributed by atoms with van der Waals surface area (Å²) >= 11 is 6.14. The number of aromatic amines is 1. The Morgan fingerprint density at radius 2 is 1.96 bits per heavy atom. The van der Waals surface area contributed by atoms with E-state index in [1.54, 1.807) is 0 Å². The number of benzene rings is 2. The first kappa shape index (κ1) is 15.7. The van der Waals surface area contributed by atoms with Gasteiger partial charge in [-0.3, -0.25) is 9.89 Å². The highest BCUT2D eigenvalue weighted by Crippen LogP contribution is 2.36. The molecule has 25 heavy (non-hydrogen) atoms. The number of hydrogen-bond acceptors (Lipinski definition) is 3. The van der Waals surface area contributed by atoms with Crippen LogP contribution in [0.4, 0.5) is 5.82 Å². The smallest absolute Gasteiger partial charge is 0.226 e. The van der Waals surface area contributed by atoms with Crippen molar-refractivity contribution >= 4 is 23.3 Å². The van der Waals surface area contributed by atoms with Crippen LogP contribution in [0.3, 0.4) is 0 Å². The third kappa shape index (κ3) is 3.23. The standard InChI is InChI=1S/C19H16ClN3O2/c20-17-4-2-1-3-13(17)11-25-14-7-5-12(6-8-14)15-9-18(24)22-19-16(15)10-21-23-19/h1-8,10,15H,9,11H2,(H2,21,22,23,24). The highest BCUT2D eigenvalue weighted by atomic mass is 35.5. The molecule has 0 bridgehead atoms. The van der Waals surface area contributed by atoms with Crippen molar-refractivity contribution < 1.29 is 9.53 Å². The molecule has 0 fully saturated rings. The van der Waals surface area contributed by atoms with Gasteiger partial charge in [0.25, 0.3) is 0 Å². The highest BCUT2D eigenvalue weighted by molar-refractivity contribution is 6.31. The zero-order valence-corrected chi connectivity index (χ0v) is 14.1. The fraction of sp³-hybridized carbons (Fsp3) is 0.158. The van der Waals surface area contributed by atoms with Crippen LogP contribution in [0.25, 0.3) is 0 Å². The molecule has 0 radical (unpaired) electrons. The summed E-state index contributed by atoms with van der Waals surface area (Å²) in [6.45, 7) is 0.413. The average Bonchev–Trinajstić information content (AvgIpc) is 3.09. The van der Waals surface area contributed by atoms with Crippen LogP contribution >= 0.6 is 11.6 Å². The third-order valence-electron chi connectivity index (χ3n) is 4.33. The van der Waals surface area contributed by atoms with Gasteiger partial charge in [0.2, 0.25) is 5.91 Å². The Kier molecular flexibility index (Phi) is 4.15. The molecule has 2 aromatic carbocycles. The fourth-order valence-corrected chi connectivity index (χ4v) is 3.20. The van der Waals surface area contributed by atoms with Gasteiger partial charge in [0.15, 0.2) is 5.82 Å². The molecule has 1 aliphatic heterocycles. The van der Waals surface area contributed by atoms with Crippen molar-refractivity contribution in [3.63, 3.8) is 0 Å². The molecule has 1 unspecified atom stereocenters. The van der Waals surface area contributed by atoms with Gasteiger partial charge in [0.05, 0.1) is 0 Å². The van der Waals surface area contributed by atoms with E-state index in [1.165, 1.54) is 0 Å². The molecule has 0 saturated carbocycles. The van der Waals surface area contributed by atoms with E-state index >= 15 is 0 Å². The maximum atomic E-state index is 11.9. The van der Waals surface area contributed by atoms with E-state index in [0.717, 1.165) is 22.4 Å². The Morgan fingerprint density at radius 3 is 2.76 bits per heavy atom. The quantitative estimate of drug-likeness (QED) is 0.741. The second-order valence-electron chi connectivity index (χ2n) is 5.94. The number of amides is 1. The SMILES string of the molecule is O=C1CC(c2ccc(OCc3ccccc3Cl)cc2)c2c[nH]nc2N1. The Bertz CT molecular complexity index is 905. The minimum atomic E-state index is -0.0244.